The van der Waals surface area contributed by atoms with Crippen LogP contribution in [0.2, 0.25) is 0 Å². The number of nitrogens with one attached hydrogen (secondary N) is 2. The Labute approximate surface area is 271 Å². The number of hydrogen-bond donors (Lipinski definition) is 2. The van der Waals surface area contributed by atoms with Crippen LogP contribution in [0.3, 0.4) is 0 Å². The summed E-state index contributed by atoms with van der Waals surface area (Å²) in [4.78, 5) is 36.7. The Morgan fingerprint density at radius 2 is 1.91 bits per heavy atom. The van der Waals surface area contributed by atoms with Gasteiger partial charge in [-0.3, -0.25) is 13.8 Å². The molecule has 0 unspecified atom stereocenters. The number of carbonyl (C=O) groups is 1. The van der Waals surface area contributed by atoms with E-state index in [1.807, 2.05) is 31.0 Å². The van der Waals surface area contributed by atoms with Crippen molar-refractivity contribution in [3.63, 3.8) is 0 Å². The second-order valence-electron chi connectivity index (χ2n) is 12.8. The van der Waals surface area contributed by atoms with Crippen molar-refractivity contribution in [2.45, 2.75) is 57.8 Å². The Bertz CT molecular complexity index is 2260. The van der Waals surface area contributed by atoms with Gasteiger partial charge in [0.15, 0.2) is 0 Å². The highest BCUT2D eigenvalue weighted by Crippen LogP contribution is 2.43. The van der Waals surface area contributed by atoms with E-state index in [9.17, 15) is 9.59 Å². The van der Waals surface area contributed by atoms with Gasteiger partial charge < -0.3 is 19.9 Å². The average molecular weight is 624 g/mol. The smallest absolute Gasteiger partial charge is 0.407 e. The number of imidazole rings is 1. The van der Waals surface area contributed by atoms with Gasteiger partial charge in [0.05, 0.1) is 47.1 Å². The van der Waals surface area contributed by atoms with Crippen LogP contribution in [0.1, 0.15) is 54.9 Å². The van der Waals surface area contributed by atoms with Crippen molar-refractivity contribution in [3.05, 3.63) is 70.9 Å². The number of amides is 1. The van der Waals surface area contributed by atoms with Gasteiger partial charge >= 0.3 is 11.8 Å². The Morgan fingerprint density at radius 3 is 2.63 bits per heavy atom. The third kappa shape index (κ3) is 4.95. The summed E-state index contributed by atoms with van der Waals surface area (Å²) >= 11 is 0. The molecule has 0 spiro atoms. The predicted molar refractivity (Wildman–Crippen MR) is 181 cm³/mol. The van der Waals surface area contributed by atoms with Crippen molar-refractivity contribution in [3.8, 4) is 22.4 Å². The Morgan fingerprint density at radius 1 is 1.13 bits per heavy atom. The Hall–Kier alpha value is -4.90. The third-order valence-corrected chi connectivity index (χ3v) is 9.05. The molecule has 2 aromatic carbocycles. The van der Waals surface area contributed by atoms with Crippen LogP contribution in [0.15, 0.2) is 59.7 Å². The summed E-state index contributed by atoms with van der Waals surface area (Å²) in [6.45, 7) is 2.22. The molecule has 0 bridgehead atoms. The van der Waals surface area contributed by atoms with Gasteiger partial charge in [0.2, 0.25) is 0 Å². The molecule has 1 fully saturated rings. The van der Waals surface area contributed by atoms with E-state index < -0.39 is 18.8 Å². The summed E-state index contributed by atoms with van der Waals surface area (Å²) < 4.78 is 34.4. The first-order chi connectivity index (χ1) is 23.3. The molecule has 1 aliphatic rings. The van der Waals surface area contributed by atoms with Crippen LogP contribution in [0.5, 0.6) is 0 Å². The van der Waals surface area contributed by atoms with Crippen molar-refractivity contribution in [1.82, 2.24) is 39.1 Å². The Balaban J connectivity index is 1.52. The maximum atomic E-state index is 14.2. The lowest BCUT2D eigenvalue weighted by Gasteiger charge is -2.15. The zero-order valence-electron chi connectivity index (χ0n) is 29.7. The average Bonchev–Trinajstić information content (AvgIpc) is 3.82. The molecule has 1 aliphatic carbocycles. The van der Waals surface area contributed by atoms with Gasteiger partial charge in [-0.15, -0.1) is 0 Å². The number of ether oxygens (including phenoxy) is 1. The molecule has 0 aliphatic heterocycles. The van der Waals surface area contributed by atoms with Gasteiger partial charge in [0, 0.05) is 46.7 Å². The standard InChI is InChI=1S/C35H40N8O3/c1-20(2)43-27-14-11-23(15-24(27)17-37-43)29-30-32-28(41(5)35(45)42(32)26-13-12-25(16-26)38-34(44)46-6)18-36-33(30)39-31(29)22-9-7-21(8-10-22)19-40(3)4/h7-11,14-15,17-18,20,25-26H,12-13,16,19H2,1-6H3,(H,36,39)(H,38,44)/t25-,26-/m1/s1/i5D3. The molecular weight excluding hydrogens is 580 g/mol. The van der Waals surface area contributed by atoms with E-state index in [2.05, 4.69) is 70.5 Å². The Kier molecular flexibility index (Phi) is 6.57. The van der Waals surface area contributed by atoms with Crippen molar-refractivity contribution in [1.29, 1.82) is 0 Å². The maximum Gasteiger partial charge on any atom is 0.407 e. The molecule has 0 radical (unpaired) electrons. The number of rotatable bonds is 7. The number of H-pyrrole nitrogens is 1. The second-order valence-corrected chi connectivity index (χ2v) is 12.8. The zero-order chi connectivity index (χ0) is 34.8. The molecule has 6 aromatic rings. The number of methoxy groups -OCH3 is 1. The van der Waals surface area contributed by atoms with E-state index in [1.54, 1.807) is 4.57 Å². The normalized spacial score (nSPS) is 18.1. The van der Waals surface area contributed by atoms with Crippen LogP contribution >= 0.6 is 0 Å². The lowest BCUT2D eigenvalue weighted by Crippen LogP contribution is -2.33. The molecule has 11 nitrogen and oxygen atoms in total. The van der Waals surface area contributed by atoms with Crippen LogP contribution in [-0.2, 0) is 18.3 Å². The molecule has 11 heteroatoms. The lowest BCUT2D eigenvalue weighted by molar-refractivity contribution is 0.166. The van der Waals surface area contributed by atoms with Crippen LogP contribution in [-0.4, -0.2) is 67.1 Å². The molecule has 46 heavy (non-hydrogen) atoms. The largest absolute Gasteiger partial charge is 0.453 e. The first-order valence-electron chi connectivity index (χ1n) is 17.1. The molecule has 4 heterocycles. The van der Waals surface area contributed by atoms with Gasteiger partial charge in [-0.05, 0) is 76.0 Å². The summed E-state index contributed by atoms with van der Waals surface area (Å²) in [5.41, 5.74) is 6.19. The van der Waals surface area contributed by atoms with Crippen molar-refractivity contribution in [2.24, 2.45) is 6.98 Å². The lowest BCUT2D eigenvalue weighted by atomic mass is 9.96. The van der Waals surface area contributed by atoms with Crippen LogP contribution in [0, 0.1) is 0 Å². The van der Waals surface area contributed by atoms with E-state index in [0.717, 1.165) is 50.0 Å². The second kappa shape index (κ2) is 11.5. The quantitative estimate of drug-likeness (QED) is 0.226. The molecule has 1 amide bonds. The summed E-state index contributed by atoms with van der Waals surface area (Å²) in [6.07, 6.45) is 4.41. The molecule has 238 valence electrons. The van der Waals surface area contributed by atoms with Crippen LogP contribution < -0.4 is 11.0 Å². The summed E-state index contributed by atoms with van der Waals surface area (Å²) in [5, 5.41) is 9.09. The first kappa shape index (κ1) is 26.3. The molecule has 1 saturated carbocycles. The van der Waals surface area contributed by atoms with Crippen molar-refractivity contribution in [2.75, 3.05) is 21.2 Å². The van der Waals surface area contributed by atoms with Gasteiger partial charge in [-0.25, -0.2) is 14.6 Å². The van der Waals surface area contributed by atoms with E-state index >= 15 is 0 Å². The van der Waals surface area contributed by atoms with Gasteiger partial charge in [0.1, 0.15) is 5.65 Å². The number of aryl methyl sites for hydroxylation is 1. The number of aromatic amines is 1. The minimum atomic E-state index is -2.75. The number of nitrogens with zero attached hydrogens (tertiary/aromatic N) is 6. The number of aromatic nitrogens is 6. The topological polar surface area (TPSA) is 115 Å². The fraction of sp³-hybridized carbons (Fsp3) is 0.371. The van der Waals surface area contributed by atoms with Gasteiger partial charge in [-0.1, -0.05) is 30.3 Å². The van der Waals surface area contributed by atoms with Gasteiger partial charge in [0.25, 0.3) is 0 Å². The minimum absolute atomic E-state index is 0.175. The first-order valence-corrected chi connectivity index (χ1v) is 15.6. The van der Waals surface area contributed by atoms with E-state index in [1.165, 1.54) is 13.3 Å². The molecule has 2 N–H and O–H groups in total. The fourth-order valence-corrected chi connectivity index (χ4v) is 7.00. The fourth-order valence-electron chi connectivity index (χ4n) is 7.00. The van der Waals surface area contributed by atoms with Crippen molar-refractivity contribution >= 4 is 39.1 Å². The highest BCUT2D eigenvalue weighted by Gasteiger charge is 2.32. The SMILES string of the molecule is [2H]C([2H])([2H])n1c(=O)n([C@@H]2CC[C@@H](NC(=O)OC)C2)c2c3c(-c4ccc5c(cnn5C(C)C)c4)c(-c4ccc(CN(C)C)cc4)[nH]c3ncc21. The zero-order valence-corrected chi connectivity index (χ0v) is 26.7. The number of fused-ring (bicyclic) bond motifs is 4. The number of hydrogen-bond acceptors (Lipinski definition) is 6. The van der Waals surface area contributed by atoms with E-state index in [0.29, 0.717) is 35.8 Å². The molecule has 2 atom stereocenters. The molecule has 7 rings (SSSR count). The summed E-state index contributed by atoms with van der Waals surface area (Å²) in [5.74, 6) is 0. The van der Waals surface area contributed by atoms with Crippen LogP contribution in [0.25, 0.3) is 55.4 Å². The van der Waals surface area contributed by atoms with E-state index in [4.69, 9.17) is 13.8 Å². The predicted octanol–water partition coefficient (Wildman–Crippen LogP) is 5.99. The van der Waals surface area contributed by atoms with E-state index in [-0.39, 0.29) is 23.6 Å². The maximum absolute atomic E-state index is 14.2. The summed E-state index contributed by atoms with van der Waals surface area (Å²) in [7, 11) is 5.37. The molecular formula is C35H40N8O3. The number of benzene rings is 2. The highest BCUT2D eigenvalue weighted by atomic mass is 16.5. The monoisotopic (exact) mass is 623 g/mol. The van der Waals surface area contributed by atoms with Gasteiger partial charge in [-0.2, -0.15) is 5.10 Å². The van der Waals surface area contributed by atoms with Crippen molar-refractivity contribution < 1.29 is 13.6 Å². The molecule has 0 saturated heterocycles. The third-order valence-electron chi connectivity index (χ3n) is 9.05. The van der Waals surface area contributed by atoms with Crippen LogP contribution in [0.4, 0.5) is 4.79 Å². The highest BCUT2D eigenvalue weighted by molar-refractivity contribution is 6.14. The number of alkyl carbamates (subject to hydrolysis) is 1. The minimum Gasteiger partial charge on any atom is -0.453 e. The molecule has 4 aromatic heterocycles. The number of carbonyl (C=O) groups excluding carboxylic acids is 1. The number of pyridine rings is 1. The summed E-state index contributed by atoms with van der Waals surface area (Å²) in [6, 6.07) is 14.1.